The molecule has 2 aliphatic rings. The molecule has 0 spiro atoms. The lowest BCUT2D eigenvalue weighted by Crippen LogP contribution is -2.60. The van der Waals surface area contributed by atoms with Crippen LogP contribution < -0.4 is 11.1 Å². The van der Waals surface area contributed by atoms with E-state index in [4.69, 9.17) is 10.5 Å². The Kier molecular flexibility index (Phi) is 6.38. The van der Waals surface area contributed by atoms with Crippen molar-refractivity contribution in [3.8, 4) is 0 Å². The van der Waals surface area contributed by atoms with Crippen LogP contribution >= 0.6 is 0 Å². The molecule has 28 heavy (non-hydrogen) atoms. The zero-order valence-corrected chi connectivity index (χ0v) is 17.3. The fraction of sp³-hybridized carbons (Fsp3) is 0.684. The summed E-state index contributed by atoms with van der Waals surface area (Å²) in [5, 5.41) is 2.25. The molecule has 156 valence electrons. The van der Waals surface area contributed by atoms with Gasteiger partial charge in [0.15, 0.2) is 9.84 Å². The average Bonchev–Trinajstić information content (AvgIpc) is 2.85. The molecule has 2 saturated heterocycles. The monoisotopic (exact) mass is 410 g/mol. The number of ether oxygens (including phenoxy) is 1. The van der Waals surface area contributed by atoms with Gasteiger partial charge in [0.05, 0.1) is 6.10 Å². The number of carbonyl (C=O) groups is 1. The quantitative estimate of drug-likeness (QED) is 0.613. The van der Waals surface area contributed by atoms with Crippen molar-refractivity contribution in [2.24, 2.45) is 5.73 Å². The Hall–Kier alpha value is -1.55. The van der Waals surface area contributed by atoms with E-state index in [1.165, 1.54) is 6.26 Å². The summed E-state index contributed by atoms with van der Waals surface area (Å²) in [6, 6.07) is 3.79. The normalized spacial score (nSPS) is 27.4. The van der Waals surface area contributed by atoms with Crippen LogP contribution in [0.5, 0.6) is 0 Å². The second kappa shape index (κ2) is 8.44. The van der Waals surface area contributed by atoms with E-state index in [-0.39, 0.29) is 12.0 Å². The van der Waals surface area contributed by atoms with Gasteiger partial charge in [-0.15, -0.1) is 0 Å². The molecule has 3 rings (SSSR count). The first kappa shape index (κ1) is 21.2. The molecule has 0 aromatic carbocycles. The number of carbonyl (C=O) groups excluding carboxylic acids is 1. The molecule has 1 aromatic heterocycles. The summed E-state index contributed by atoms with van der Waals surface area (Å²) in [6.45, 7) is 0.877. The number of nitrogens with one attached hydrogen (secondary N) is 1. The predicted octanol–water partition coefficient (Wildman–Crippen LogP) is 0.602. The zero-order chi connectivity index (χ0) is 20.4. The standard InChI is InChI=1S/C19H30N4O4S/c1-27-16(12-22-17(28(2,25)26)14-5-4-10-21-11-14)13-23-15-6-3-8-19(23,9-7-15)18(20)24/h4-5,10-11,15-17,22H,3,6-9,12-13H2,1-2H3,(H2,20,24)/t15-,16?,17?,19+/m1/s1. The van der Waals surface area contributed by atoms with Crippen molar-refractivity contribution in [1.29, 1.82) is 0 Å². The van der Waals surface area contributed by atoms with Gasteiger partial charge in [0.25, 0.3) is 0 Å². The summed E-state index contributed by atoms with van der Waals surface area (Å²) >= 11 is 0. The number of primary amides is 1. The van der Waals surface area contributed by atoms with Crippen LogP contribution in [0.1, 0.15) is 43.0 Å². The van der Waals surface area contributed by atoms with Crippen LogP contribution in [-0.4, -0.2) is 68.3 Å². The van der Waals surface area contributed by atoms with Crippen molar-refractivity contribution >= 4 is 15.7 Å². The van der Waals surface area contributed by atoms with Crippen molar-refractivity contribution in [3.05, 3.63) is 30.1 Å². The van der Waals surface area contributed by atoms with E-state index in [0.29, 0.717) is 24.7 Å². The molecule has 2 unspecified atom stereocenters. The van der Waals surface area contributed by atoms with Gasteiger partial charge in [-0.1, -0.05) is 6.07 Å². The second-order valence-electron chi connectivity index (χ2n) is 7.89. The second-order valence-corrected chi connectivity index (χ2v) is 10.0. The van der Waals surface area contributed by atoms with Crippen LogP contribution in [0.3, 0.4) is 0 Å². The molecule has 8 nitrogen and oxygen atoms in total. The highest BCUT2D eigenvalue weighted by atomic mass is 32.2. The number of aromatic nitrogens is 1. The van der Waals surface area contributed by atoms with E-state index in [9.17, 15) is 13.2 Å². The number of nitrogens with two attached hydrogens (primary N) is 1. The minimum Gasteiger partial charge on any atom is -0.379 e. The topological polar surface area (TPSA) is 115 Å². The van der Waals surface area contributed by atoms with Crippen LogP contribution in [0.2, 0.25) is 0 Å². The third-order valence-corrected chi connectivity index (χ3v) is 7.44. The Bertz CT molecular complexity index is 784. The molecule has 1 aromatic rings. The zero-order valence-electron chi connectivity index (χ0n) is 16.5. The summed E-state index contributed by atoms with van der Waals surface area (Å²) < 4.78 is 30.2. The predicted molar refractivity (Wildman–Crippen MR) is 106 cm³/mol. The fourth-order valence-electron chi connectivity index (χ4n) is 4.69. The third-order valence-electron chi connectivity index (χ3n) is 6.15. The number of piperidine rings is 1. The molecule has 4 atom stereocenters. The maximum Gasteiger partial charge on any atom is 0.237 e. The number of methoxy groups -OCH3 is 1. The lowest BCUT2D eigenvalue weighted by molar-refractivity contribution is -0.133. The highest BCUT2D eigenvalue weighted by Gasteiger charge is 2.52. The van der Waals surface area contributed by atoms with Gasteiger partial charge in [-0.3, -0.25) is 20.0 Å². The van der Waals surface area contributed by atoms with Crippen LogP contribution in [0, 0.1) is 0 Å². The summed E-state index contributed by atoms with van der Waals surface area (Å²) in [5.41, 5.74) is 5.78. The molecule has 3 heterocycles. The highest BCUT2D eigenvalue weighted by Crippen LogP contribution is 2.44. The highest BCUT2D eigenvalue weighted by molar-refractivity contribution is 7.90. The van der Waals surface area contributed by atoms with E-state index < -0.39 is 20.8 Å². The number of amides is 1. The molecule has 2 aliphatic heterocycles. The number of sulfone groups is 1. The van der Waals surface area contributed by atoms with Gasteiger partial charge in [0, 0.05) is 50.5 Å². The first-order valence-corrected chi connectivity index (χ1v) is 11.6. The number of pyridine rings is 1. The van der Waals surface area contributed by atoms with Gasteiger partial charge in [-0.25, -0.2) is 8.42 Å². The number of hydrogen-bond donors (Lipinski definition) is 2. The first-order chi connectivity index (χ1) is 13.3. The summed E-state index contributed by atoms with van der Waals surface area (Å²) in [6.07, 6.45) is 8.70. The first-order valence-electron chi connectivity index (χ1n) is 9.69. The van der Waals surface area contributed by atoms with Gasteiger partial charge in [0.2, 0.25) is 5.91 Å². The van der Waals surface area contributed by atoms with E-state index in [2.05, 4.69) is 15.2 Å². The largest absolute Gasteiger partial charge is 0.379 e. The molecule has 0 aliphatic carbocycles. The number of nitrogens with zero attached hydrogens (tertiary/aromatic N) is 2. The van der Waals surface area contributed by atoms with Crippen LogP contribution in [0.25, 0.3) is 0 Å². The number of rotatable bonds is 9. The molecule has 9 heteroatoms. The lowest BCUT2D eigenvalue weighted by atomic mass is 9.87. The Morgan fingerprint density at radius 3 is 2.86 bits per heavy atom. The Morgan fingerprint density at radius 2 is 2.25 bits per heavy atom. The maximum atomic E-state index is 12.3. The van der Waals surface area contributed by atoms with Crippen molar-refractivity contribution in [2.45, 2.75) is 55.2 Å². The van der Waals surface area contributed by atoms with E-state index >= 15 is 0 Å². The smallest absolute Gasteiger partial charge is 0.237 e. The Morgan fingerprint density at radius 1 is 1.46 bits per heavy atom. The molecular weight excluding hydrogens is 380 g/mol. The fourth-order valence-corrected chi connectivity index (χ4v) is 5.73. The minimum atomic E-state index is -3.38. The molecular formula is C19H30N4O4S. The van der Waals surface area contributed by atoms with Crippen LogP contribution in [0.4, 0.5) is 0 Å². The van der Waals surface area contributed by atoms with Crippen LogP contribution in [-0.2, 0) is 19.4 Å². The molecule has 1 amide bonds. The van der Waals surface area contributed by atoms with Gasteiger partial charge < -0.3 is 10.5 Å². The molecule has 2 bridgehead atoms. The van der Waals surface area contributed by atoms with E-state index in [1.807, 2.05) is 0 Å². The van der Waals surface area contributed by atoms with Crippen molar-refractivity contribution in [2.75, 3.05) is 26.5 Å². The van der Waals surface area contributed by atoms with Gasteiger partial charge in [-0.2, -0.15) is 0 Å². The lowest BCUT2D eigenvalue weighted by Gasteiger charge is -2.44. The molecule has 2 fully saturated rings. The van der Waals surface area contributed by atoms with Gasteiger partial charge >= 0.3 is 0 Å². The summed E-state index contributed by atoms with van der Waals surface area (Å²) in [7, 11) is -1.78. The van der Waals surface area contributed by atoms with Crippen molar-refractivity contribution in [3.63, 3.8) is 0 Å². The third kappa shape index (κ3) is 4.22. The van der Waals surface area contributed by atoms with E-state index in [0.717, 1.165) is 32.1 Å². The number of fused-ring (bicyclic) bond motifs is 2. The molecule has 0 saturated carbocycles. The van der Waals surface area contributed by atoms with E-state index in [1.54, 1.807) is 31.6 Å². The Balaban J connectivity index is 1.71. The SMILES string of the molecule is COC(CNC(c1cccnc1)S(C)(=O)=O)CN1[C@@H]2CCC[C@@]1(C(N)=O)CC2. The summed E-state index contributed by atoms with van der Waals surface area (Å²) in [5.74, 6) is -0.262. The van der Waals surface area contributed by atoms with Crippen molar-refractivity contribution in [1.82, 2.24) is 15.2 Å². The minimum absolute atomic E-state index is 0.262. The van der Waals surface area contributed by atoms with Gasteiger partial charge in [0.1, 0.15) is 10.9 Å². The molecule has 0 radical (unpaired) electrons. The van der Waals surface area contributed by atoms with Crippen molar-refractivity contribution < 1.29 is 17.9 Å². The molecule has 3 N–H and O–H groups in total. The maximum absolute atomic E-state index is 12.3. The average molecular weight is 411 g/mol. The van der Waals surface area contributed by atoms with Crippen LogP contribution in [0.15, 0.2) is 24.5 Å². The Labute approximate surface area is 166 Å². The number of hydrogen-bond acceptors (Lipinski definition) is 7. The van der Waals surface area contributed by atoms with Gasteiger partial charge in [-0.05, 0) is 38.2 Å². The summed E-state index contributed by atoms with van der Waals surface area (Å²) in [4.78, 5) is 18.5.